The lowest BCUT2D eigenvalue weighted by atomic mass is 10.2. The molecular weight excluding hydrogens is 422 g/mol. The molecule has 0 saturated carbocycles. The molecule has 0 heterocycles. The Kier molecular flexibility index (Phi) is 9.38. The Bertz CT molecular complexity index is 983. The van der Waals surface area contributed by atoms with E-state index in [1.165, 1.54) is 31.2 Å². The third-order valence-corrected chi connectivity index (χ3v) is 3.84. The number of ether oxygens (including phenoxy) is 3. The summed E-state index contributed by atoms with van der Waals surface area (Å²) in [6.45, 7) is 1.30. The Morgan fingerprint density at radius 1 is 0.969 bits per heavy atom. The molecule has 0 fully saturated rings. The fraction of sp³-hybridized carbons (Fsp3) is 0.227. The van der Waals surface area contributed by atoms with Crippen LogP contribution in [0.2, 0.25) is 0 Å². The first kappa shape index (κ1) is 24.1. The van der Waals surface area contributed by atoms with Gasteiger partial charge < -0.3 is 19.0 Å². The maximum atomic E-state index is 12.4. The van der Waals surface area contributed by atoms with E-state index in [1.54, 1.807) is 36.4 Å². The van der Waals surface area contributed by atoms with Crippen LogP contribution in [0, 0.1) is 10.1 Å². The predicted octanol–water partition coefficient (Wildman–Crippen LogP) is 3.38. The maximum Gasteiger partial charge on any atom is 0.347 e. The van der Waals surface area contributed by atoms with Gasteiger partial charge in [-0.1, -0.05) is 24.3 Å². The zero-order valence-electron chi connectivity index (χ0n) is 17.2. The second-order valence-electron chi connectivity index (χ2n) is 6.31. The Hall–Kier alpha value is -4.21. The summed E-state index contributed by atoms with van der Waals surface area (Å²) in [5, 5.41) is 9.12. The lowest BCUT2D eigenvalue weighted by Crippen LogP contribution is -2.12. The molecule has 0 N–H and O–H groups in total. The second-order valence-corrected chi connectivity index (χ2v) is 6.31. The predicted molar refractivity (Wildman–Crippen MR) is 111 cm³/mol. The fourth-order valence-corrected chi connectivity index (χ4v) is 2.42. The molecule has 10 heteroatoms. The SMILES string of the molecule is CC(=O)Oc1ccccc1C(=O)Oc1ccc(/C=C/C(=O)OCCCCO[N+](=O)[O-])cc1. The van der Waals surface area contributed by atoms with Crippen molar-refractivity contribution in [3.8, 4) is 11.5 Å². The summed E-state index contributed by atoms with van der Waals surface area (Å²) in [5.74, 6) is -1.42. The van der Waals surface area contributed by atoms with E-state index in [1.807, 2.05) is 0 Å². The number of hydrogen-bond acceptors (Lipinski definition) is 9. The molecule has 0 radical (unpaired) electrons. The number of carbonyl (C=O) groups excluding carboxylic acids is 3. The zero-order chi connectivity index (χ0) is 23.3. The first-order chi connectivity index (χ1) is 15.3. The van der Waals surface area contributed by atoms with Crippen molar-refractivity contribution in [2.75, 3.05) is 13.2 Å². The molecule has 168 valence electrons. The summed E-state index contributed by atoms with van der Waals surface area (Å²) < 4.78 is 15.3. The number of carbonyl (C=O) groups is 3. The molecule has 0 amide bonds. The topological polar surface area (TPSA) is 131 Å². The van der Waals surface area contributed by atoms with Gasteiger partial charge in [0.15, 0.2) is 0 Å². The van der Waals surface area contributed by atoms with Gasteiger partial charge in [-0.3, -0.25) is 4.79 Å². The second kappa shape index (κ2) is 12.5. The van der Waals surface area contributed by atoms with E-state index in [0.717, 1.165) is 0 Å². The highest BCUT2D eigenvalue weighted by Gasteiger charge is 2.15. The molecule has 2 rings (SSSR count). The summed E-state index contributed by atoms with van der Waals surface area (Å²) >= 11 is 0. The highest BCUT2D eigenvalue weighted by molar-refractivity contribution is 5.94. The number of para-hydroxylation sites is 1. The van der Waals surface area contributed by atoms with Crippen LogP contribution in [0.3, 0.4) is 0 Å². The minimum atomic E-state index is -0.872. The van der Waals surface area contributed by atoms with Gasteiger partial charge in [0.1, 0.15) is 17.1 Å². The van der Waals surface area contributed by atoms with E-state index in [2.05, 4.69) is 4.84 Å². The molecular formula is C22H21NO9. The molecule has 0 bridgehead atoms. The molecule has 0 spiro atoms. The summed E-state index contributed by atoms with van der Waals surface area (Å²) in [4.78, 5) is 49.4. The van der Waals surface area contributed by atoms with E-state index in [0.29, 0.717) is 18.4 Å². The molecule has 0 saturated heterocycles. The standard InChI is InChI=1S/C22H21NO9/c1-16(24)31-20-7-3-2-6-19(20)22(26)32-18-11-8-17(9-12-18)10-13-21(25)29-14-4-5-15-30-23(27)28/h2-3,6-13H,4-5,14-15H2,1H3/b13-10+. The van der Waals surface area contributed by atoms with Crippen LogP contribution in [0.25, 0.3) is 6.08 Å². The van der Waals surface area contributed by atoms with E-state index < -0.39 is 23.0 Å². The van der Waals surface area contributed by atoms with Gasteiger partial charge in [0.05, 0.1) is 13.2 Å². The minimum absolute atomic E-state index is 0.0490. The summed E-state index contributed by atoms with van der Waals surface area (Å²) in [5.41, 5.74) is 0.779. The Morgan fingerprint density at radius 3 is 2.34 bits per heavy atom. The zero-order valence-corrected chi connectivity index (χ0v) is 17.2. The largest absolute Gasteiger partial charge is 0.463 e. The van der Waals surface area contributed by atoms with Gasteiger partial charge in [0.2, 0.25) is 0 Å². The number of unbranched alkanes of at least 4 members (excludes halogenated alkanes) is 1. The van der Waals surface area contributed by atoms with Gasteiger partial charge in [-0.05, 0) is 48.7 Å². The van der Waals surface area contributed by atoms with Gasteiger partial charge in [-0.2, -0.15) is 0 Å². The summed E-state index contributed by atoms with van der Waals surface area (Å²) in [6.07, 6.45) is 3.60. The molecule has 0 aliphatic heterocycles. The van der Waals surface area contributed by atoms with Crippen molar-refractivity contribution in [2.45, 2.75) is 19.8 Å². The third kappa shape index (κ3) is 8.66. The van der Waals surface area contributed by atoms with Crippen molar-refractivity contribution in [3.05, 3.63) is 75.8 Å². The highest BCUT2D eigenvalue weighted by Crippen LogP contribution is 2.21. The van der Waals surface area contributed by atoms with Crippen LogP contribution in [-0.2, 0) is 19.2 Å². The Morgan fingerprint density at radius 2 is 1.66 bits per heavy atom. The maximum absolute atomic E-state index is 12.4. The molecule has 0 aliphatic carbocycles. The van der Waals surface area contributed by atoms with Crippen LogP contribution in [-0.4, -0.2) is 36.2 Å². The summed E-state index contributed by atoms with van der Waals surface area (Å²) in [6, 6.07) is 12.6. The third-order valence-electron chi connectivity index (χ3n) is 3.84. The lowest BCUT2D eigenvalue weighted by molar-refractivity contribution is -0.757. The Balaban J connectivity index is 1.83. The van der Waals surface area contributed by atoms with Crippen LogP contribution in [0.5, 0.6) is 11.5 Å². The molecule has 0 aliphatic rings. The number of hydrogen-bond donors (Lipinski definition) is 0. The number of nitrogens with zero attached hydrogens (tertiary/aromatic N) is 1. The molecule has 0 aromatic heterocycles. The fourth-order valence-electron chi connectivity index (χ4n) is 2.42. The van der Waals surface area contributed by atoms with Gasteiger partial charge in [0.25, 0.3) is 5.09 Å². The first-order valence-corrected chi connectivity index (χ1v) is 9.57. The smallest absolute Gasteiger partial charge is 0.347 e. The number of esters is 3. The van der Waals surface area contributed by atoms with Crippen LogP contribution in [0.4, 0.5) is 0 Å². The van der Waals surface area contributed by atoms with Gasteiger partial charge in [-0.15, -0.1) is 10.1 Å². The van der Waals surface area contributed by atoms with Gasteiger partial charge >= 0.3 is 17.9 Å². The monoisotopic (exact) mass is 443 g/mol. The van der Waals surface area contributed by atoms with Crippen LogP contribution in [0.1, 0.15) is 35.7 Å². The van der Waals surface area contributed by atoms with E-state index in [9.17, 15) is 24.5 Å². The highest BCUT2D eigenvalue weighted by atomic mass is 16.9. The van der Waals surface area contributed by atoms with Gasteiger partial charge in [-0.25, -0.2) is 9.59 Å². The number of rotatable bonds is 11. The first-order valence-electron chi connectivity index (χ1n) is 9.57. The van der Waals surface area contributed by atoms with Crippen molar-refractivity contribution >= 4 is 24.0 Å². The van der Waals surface area contributed by atoms with Crippen molar-refractivity contribution in [1.82, 2.24) is 0 Å². The van der Waals surface area contributed by atoms with Crippen LogP contribution < -0.4 is 9.47 Å². The van der Waals surface area contributed by atoms with E-state index in [4.69, 9.17) is 14.2 Å². The number of benzene rings is 2. The van der Waals surface area contributed by atoms with Crippen molar-refractivity contribution in [3.63, 3.8) is 0 Å². The van der Waals surface area contributed by atoms with E-state index in [-0.39, 0.29) is 30.3 Å². The summed E-state index contributed by atoms with van der Waals surface area (Å²) in [7, 11) is 0. The quantitative estimate of drug-likeness (QED) is 0.128. The molecule has 0 atom stereocenters. The molecule has 32 heavy (non-hydrogen) atoms. The van der Waals surface area contributed by atoms with Crippen LogP contribution in [0.15, 0.2) is 54.6 Å². The lowest BCUT2D eigenvalue weighted by Gasteiger charge is -2.09. The molecule has 0 unspecified atom stereocenters. The van der Waals surface area contributed by atoms with Crippen molar-refractivity contribution < 1.29 is 38.5 Å². The van der Waals surface area contributed by atoms with Crippen LogP contribution >= 0.6 is 0 Å². The Labute approximate surface area is 183 Å². The molecule has 10 nitrogen and oxygen atoms in total. The average Bonchev–Trinajstić information content (AvgIpc) is 2.75. The van der Waals surface area contributed by atoms with Crippen molar-refractivity contribution in [2.24, 2.45) is 0 Å². The van der Waals surface area contributed by atoms with Crippen molar-refractivity contribution in [1.29, 1.82) is 0 Å². The average molecular weight is 443 g/mol. The van der Waals surface area contributed by atoms with E-state index >= 15 is 0 Å². The molecule has 2 aromatic rings. The van der Waals surface area contributed by atoms with Gasteiger partial charge in [0, 0.05) is 13.0 Å². The normalized spacial score (nSPS) is 10.4. The molecule has 2 aromatic carbocycles. The minimum Gasteiger partial charge on any atom is -0.463 e.